The molecule has 0 fully saturated rings. The average Bonchev–Trinajstić information content (AvgIpc) is 3.54. The summed E-state index contributed by atoms with van der Waals surface area (Å²) in [5, 5.41) is 11.2. The molecule has 0 saturated heterocycles. The van der Waals surface area contributed by atoms with Crippen LogP contribution in [0.15, 0.2) is 119 Å². The van der Waals surface area contributed by atoms with Crippen molar-refractivity contribution in [3.63, 3.8) is 0 Å². The summed E-state index contributed by atoms with van der Waals surface area (Å²) in [5.41, 5.74) is 4.52. The van der Waals surface area contributed by atoms with Crippen LogP contribution in [0.4, 0.5) is 16.5 Å². The van der Waals surface area contributed by atoms with E-state index in [0.717, 1.165) is 27.4 Å². The summed E-state index contributed by atoms with van der Waals surface area (Å²) in [4.78, 5) is 46.6. The maximum atomic E-state index is 13.4. The molecular weight excluding hydrogens is 650 g/mol. The maximum absolute atomic E-state index is 13.4. The molecule has 0 radical (unpaired) electrons. The first-order chi connectivity index (χ1) is 22.6. The number of thioether (sulfide) groups is 1. The van der Waals surface area contributed by atoms with Crippen LogP contribution in [0.25, 0.3) is 17.3 Å². The van der Waals surface area contributed by atoms with Crippen molar-refractivity contribution >= 4 is 75.0 Å². The van der Waals surface area contributed by atoms with Crippen molar-refractivity contribution in [2.75, 3.05) is 29.6 Å². The first-order valence-corrected chi connectivity index (χ1v) is 16.7. The van der Waals surface area contributed by atoms with Crippen molar-refractivity contribution in [3.05, 3.63) is 130 Å². The van der Waals surface area contributed by atoms with Crippen molar-refractivity contribution < 1.29 is 14.4 Å². The summed E-state index contributed by atoms with van der Waals surface area (Å²) < 4.78 is 0. The van der Waals surface area contributed by atoms with Crippen LogP contribution < -0.4 is 20.9 Å². The third kappa shape index (κ3) is 9.32. The van der Waals surface area contributed by atoms with Crippen LogP contribution in [0.2, 0.25) is 5.02 Å². The van der Waals surface area contributed by atoms with E-state index < -0.39 is 17.1 Å². The van der Waals surface area contributed by atoms with Crippen LogP contribution in [0, 0.1) is 0 Å². The number of carbonyl (C=O) groups excluding carboxylic acids is 3. The van der Waals surface area contributed by atoms with Gasteiger partial charge in [0.2, 0.25) is 5.91 Å². The molecule has 238 valence electrons. The third-order valence-corrected chi connectivity index (χ3v) is 9.04. The van der Waals surface area contributed by atoms with Crippen molar-refractivity contribution in [2.24, 2.45) is 0 Å². The maximum Gasteiger partial charge on any atom is 0.272 e. The summed E-state index contributed by atoms with van der Waals surface area (Å²) in [5.74, 6) is -1.04. The van der Waals surface area contributed by atoms with Gasteiger partial charge in [-0.3, -0.25) is 14.4 Å². The lowest BCUT2D eigenvalue weighted by molar-refractivity contribution is -0.115. The molecule has 47 heavy (non-hydrogen) atoms. The first kappa shape index (κ1) is 33.5. The molecular formula is C36H32ClN5O3S2. The molecule has 8 nitrogen and oxygen atoms in total. The van der Waals surface area contributed by atoms with Gasteiger partial charge in [0, 0.05) is 51.9 Å². The van der Waals surface area contributed by atoms with E-state index in [4.69, 9.17) is 11.6 Å². The van der Waals surface area contributed by atoms with Crippen molar-refractivity contribution in [1.82, 2.24) is 10.3 Å². The van der Waals surface area contributed by atoms with E-state index in [0.29, 0.717) is 21.4 Å². The SMILES string of the molecule is CC(Sc1ccc(NC(=O)/C(=C/c2ccc(N(C)C)cc2)NC(=O)c2ccccc2)cc1)C(=O)Nc1nc(-c2ccc(Cl)cc2)cs1. The molecule has 3 N–H and O–H groups in total. The predicted octanol–water partition coefficient (Wildman–Crippen LogP) is 8.06. The Morgan fingerprint density at radius 3 is 2.21 bits per heavy atom. The highest BCUT2D eigenvalue weighted by Crippen LogP contribution is 2.29. The van der Waals surface area contributed by atoms with Gasteiger partial charge in [0.1, 0.15) is 5.70 Å². The standard InChI is InChI=1S/C36H32ClN5O3S2/c1-23(33(43)41-36-40-32(22-46-36)25-11-13-27(37)14-12-25)47-30-19-15-28(16-20-30)38-35(45)31(39-34(44)26-7-5-4-6-8-26)21-24-9-17-29(18-10-24)42(2)3/h4-23H,1-3H3,(H,38,45)(H,39,44)(H,40,41,43)/b31-21-. The number of carbonyl (C=O) groups is 3. The van der Waals surface area contributed by atoms with E-state index in [1.165, 1.54) is 23.1 Å². The highest BCUT2D eigenvalue weighted by molar-refractivity contribution is 8.00. The Balaban J connectivity index is 1.22. The molecule has 4 aromatic carbocycles. The van der Waals surface area contributed by atoms with Gasteiger partial charge in [-0.25, -0.2) is 4.98 Å². The van der Waals surface area contributed by atoms with E-state index in [1.54, 1.807) is 54.6 Å². The Kier molecular flexibility index (Phi) is 11.1. The second-order valence-corrected chi connectivity index (χ2v) is 13.3. The number of amides is 3. The fourth-order valence-corrected chi connectivity index (χ4v) is 6.06. The third-order valence-electron chi connectivity index (χ3n) is 6.92. The van der Waals surface area contributed by atoms with Crippen LogP contribution in [0.3, 0.4) is 0 Å². The van der Waals surface area contributed by atoms with Gasteiger partial charge in [-0.2, -0.15) is 0 Å². The quantitative estimate of drug-likeness (QED) is 0.0963. The Morgan fingerprint density at radius 2 is 1.55 bits per heavy atom. The first-order valence-electron chi connectivity index (χ1n) is 14.6. The molecule has 0 aliphatic carbocycles. The number of hydrogen-bond donors (Lipinski definition) is 3. The second-order valence-electron chi connectivity index (χ2n) is 10.6. The fourth-order valence-electron chi connectivity index (χ4n) is 4.34. The molecule has 1 aromatic heterocycles. The number of nitrogens with zero attached hydrogens (tertiary/aromatic N) is 2. The fraction of sp³-hybridized carbons (Fsp3) is 0.111. The number of thiazole rings is 1. The minimum Gasteiger partial charge on any atom is -0.378 e. The number of halogens is 1. The van der Waals surface area contributed by atoms with Gasteiger partial charge in [0.05, 0.1) is 10.9 Å². The zero-order valence-corrected chi connectivity index (χ0v) is 28.2. The average molecular weight is 682 g/mol. The van der Waals surface area contributed by atoms with Gasteiger partial charge in [-0.15, -0.1) is 23.1 Å². The van der Waals surface area contributed by atoms with Gasteiger partial charge in [-0.1, -0.05) is 54.1 Å². The molecule has 11 heteroatoms. The largest absolute Gasteiger partial charge is 0.378 e. The van der Waals surface area contributed by atoms with Crippen molar-refractivity contribution in [3.8, 4) is 11.3 Å². The Hall–Kier alpha value is -4.90. The van der Waals surface area contributed by atoms with Gasteiger partial charge in [0.15, 0.2) is 5.13 Å². The van der Waals surface area contributed by atoms with Crippen molar-refractivity contribution in [1.29, 1.82) is 0 Å². The van der Waals surface area contributed by atoms with Crippen LogP contribution in [0.5, 0.6) is 0 Å². The zero-order chi connectivity index (χ0) is 33.3. The topological polar surface area (TPSA) is 103 Å². The van der Waals surface area contributed by atoms with Gasteiger partial charge >= 0.3 is 0 Å². The Bertz CT molecular complexity index is 1880. The van der Waals surface area contributed by atoms with Crippen molar-refractivity contribution in [2.45, 2.75) is 17.1 Å². The van der Waals surface area contributed by atoms with Gasteiger partial charge in [0.25, 0.3) is 11.8 Å². The number of hydrogen-bond acceptors (Lipinski definition) is 7. The highest BCUT2D eigenvalue weighted by atomic mass is 35.5. The monoisotopic (exact) mass is 681 g/mol. The summed E-state index contributed by atoms with van der Waals surface area (Å²) >= 11 is 8.72. The number of benzene rings is 4. The van der Waals surface area contributed by atoms with Crippen LogP contribution in [-0.4, -0.2) is 42.1 Å². The number of nitrogens with one attached hydrogen (secondary N) is 3. The van der Waals surface area contributed by atoms with Crippen LogP contribution in [0.1, 0.15) is 22.8 Å². The number of rotatable bonds is 11. The molecule has 5 aromatic rings. The minimum atomic E-state index is -0.472. The predicted molar refractivity (Wildman–Crippen MR) is 194 cm³/mol. The number of aromatic nitrogens is 1. The summed E-state index contributed by atoms with van der Waals surface area (Å²) in [6.45, 7) is 1.82. The van der Waals surface area contributed by atoms with Gasteiger partial charge in [-0.05, 0) is 79.2 Å². The molecule has 3 amide bonds. The Labute approximate surface area is 286 Å². The molecule has 0 bridgehead atoms. The summed E-state index contributed by atoms with van der Waals surface area (Å²) in [6.07, 6.45) is 1.64. The van der Waals surface area contributed by atoms with Crippen LogP contribution in [-0.2, 0) is 9.59 Å². The smallest absolute Gasteiger partial charge is 0.272 e. The summed E-state index contributed by atoms with van der Waals surface area (Å²) in [7, 11) is 3.90. The normalized spacial score (nSPS) is 11.8. The zero-order valence-electron chi connectivity index (χ0n) is 25.9. The van der Waals surface area contributed by atoms with Gasteiger partial charge < -0.3 is 20.9 Å². The lowest BCUT2D eigenvalue weighted by Gasteiger charge is -2.14. The highest BCUT2D eigenvalue weighted by Gasteiger charge is 2.18. The molecule has 0 saturated carbocycles. The molecule has 5 rings (SSSR count). The molecule has 1 heterocycles. The minimum absolute atomic E-state index is 0.0987. The van der Waals surface area contributed by atoms with E-state index in [2.05, 4.69) is 20.9 Å². The van der Waals surface area contributed by atoms with E-state index in [-0.39, 0.29) is 11.6 Å². The Morgan fingerprint density at radius 1 is 0.872 bits per heavy atom. The number of anilines is 3. The lowest BCUT2D eigenvalue weighted by Crippen LogP contribution is -2.30. The molecule has 0 aliphatic heterocycles. The van der Waals surface area contributed by atoms with Crippen LogP contribution >= 0.6 is 34.7 Å². The molecule has 1 atom stereocenters. The lowest BCUT2D eigenvalue weighted by atomic mass is 10.1. The molecule has 0 aliphatic rings. The molecule has 1 unspecified atom stereocenters. The second kappa shape index (κ2) is 15.6. The van der Waals surface area contributed by atoms with E-state index >= 15 is 0 Å². The molecule has 0 spiro atoms. The van der Waals surface area contributed by atoms with E-state index in [9.17, 15) is 14.4 Å². The van der Waals surface area contributed by atoms with E-state index in [1.807, 2.05) is 85.9 Å². The summed E-state index contributed by atoms with van der Waals surface area (Å²) in [6, 6.07) is 30.9.